The minimum atomic E-state index is -0.272. The highest BCUT2D eigenvalue weighted by Crippen LogP contribution is 2.24. The van der Waals surface area contributed by atoms with Crippen LogP contribution in [0.4, 0.5) is 4.39 Å². The maximum absolute atomic E-state index is 13.5. The van der Waals surface area contributed by atoms with Crippen molar-refractivity contribution in [3.05, 3.63) is 35.9 Å². The fourth-order valence-electron chi connectivity index (χ4n) is 4.49. The monoisotopic (exact) mass is 445 g/mol. The molecule has 1 amide bonds. The smallest absolute Gasteiger partial charge is 0.230 e. The molecule has 1 N–H and O–H groups in total. The van der Waals surface area contributed by atoms with Gasteiger partial charge in [-0.1, -0.05) is 43.9 Å². The number of piperidine rings is 1. The summed E-state index contributed by atoms with van der Waals surface area (Å²) in [5.74, 6) is 0.911. The van der Waals surface area contributed by atoms with E-state index in [-0.39, 0.29) is 11.7 Å². The number of halogens is 1. The summed E-state index contributed by atoms with van der Waals surface area (Å²) in [5, 5.41) is 12.7. The first-order chi connectivity index (χ1) is 15.2. The van der Waals surface area contributed by atoms with Gasteiger partial charge in [-0.05, 0) is 63.0 Å². The summed E-state index contributed by atoms with van der Waals surface area (Å²) in [7, 11) is 0. The number of nitrogens with zero attached hydrogens (tertiary/aromatic N) is 4. The van der Waals surface area contributed by atoms with Gasteiger partial charge < -0.3 is 5.32 Å². The van der Waals surface area contributed by atoms with Gasteiger partial charge in [-0.3, -0.25) is 14.3 Å². The van der Waals surface area contributed by atoms with Crippen molar-refractivity contribution in [2.45, 2.75) is 75.5 Å². The molecule has 2 aliphatic rings. The van der Waals surface area contributed by atoms with E-state index in [0.29, 0.717) is 23.5 Å². The molecular formula is C23H32FN5OS. The van der Waals surface area contributed by atoms with Crippen LogP contribution in [0.1, 0.15) is 63.6 Å². The molecule has 2 aromatic rings. The van der Waals surface area contributed by atoms with Crippen LogP contribution < -0.4 is 5.32 Å². The van der Waals surface area contributed by atoms with Gasteiger partial charge >= 0.3 is 0 Å². The summed E-state index contributed by atoms with van der Waals surface area (Å²) in [4.78, 5) is 15.0. The third-order valence-corrected chi connectivity index (χ3v) is 7.08. The Labute approximate surface area is 188 Å². The van der Waals surface area contributed by atoms with Crippen LogP contribution in [0.3, 0.4) is 0 Å². The molecule has 0 atom stereocenters. The topological polar surface area (TPSA) is 63.1 Å². The van der Waals surface area contributed by atoms with Gasteiger partial charge in [0.05, 0.1) is 12.3 Å². The summed E-state index contributed by atoms with van der Waals surface area (Å²) in [6.45, 7) is 2.82. The van der Waals surface area contributed by atoms with E-state index in [0.717, 1.165) is 37.4 Å². The zero-order chi connectivity index (χ0) is 21.5. The molecule has 1 saturated heterocycles. The molecule has 2 heterocycles. The van der Waals surface area contributed by atoms with Gasteiger partial charge in [0.15, 0.2) is 11.0 Å². The quantitative estimate of drug-likeness (QED) is 0.508. The molecule has 0 radical (unpaired) electrons. The van der Waals surface area contributed by atoms with Crippen molar-refractivity contribution in [3.63, 3.8) is 0 Å². The highest BCUT2D eigenvalue weighted by atomic mass is 32.2. The first kappa shape index (κ1) is 22.3. The Balaban J connectivity index is 1.45. The molecule has 4 rings (SSSR count). The number of amides is 1. The lowest BCUT2D eigenvalue weighted by Gasteiger charge is -2.26. The number of rotatable bonds is 7. The molecule has 0 unspecified atom stereocenters. The average Bonchev–Trinajstić information content (AvgIpc) is 2.99. The molecule has 6 nitrogen and oxygen atoms in total. The van der Waals surface area contributed by atoms with Crippen LogP contribution in [0.15, 0.2) is 29.4 Å². The van der Waals surface area contributed by atoms with E-state index >= 15 is 0 Å². The van der Waals surface area contributed by atoms with Gasteiger partial charge in [-0.2, -0.15) is 0 Å². The van der Waals surface area contributed by atoms with Gasteiger partial charge in [0.1, 0.15) is 5.82 Å². The summed E-state index contributed by atoms with van der Waals surface area (Å²) in [6.07, 6.45) is 10.7. The normalized spacial score (nSPS) is 18.6. The van der Waals surface area contributed by atoms with Gasteiger partial charge in [0.25, 0.3) is 0 Å². The van der Waals surface area contributed by atoms with E-state index in [1.807, 2.05) is 4.57 Å². The number of carbonyl (C=O) groups excluding carboxylic acids is 1. The van der Waals surface area contributed by atoms with Crippen molar-refractivity contribution in [1.29, 1.82) is 0 Å². The third kappa shape index (κ3) is 6.29. The maximum atomic E-state index is 13.5. The van der Waals surface area contributed by atoms with Crippen LogP contribution in [-0.2, 0) is 11.3 Å². The number of hydrogen-bond donors (Lipinski definition) is 1. The van der Waals surface area contributed by atoms with Crippen molar-refractivity contribution in [3.8, 4) is 5.69 Å². The molecule has 31 heavy (non-hydrogen) atoms. The molecule has 1 saturated carbocycles. The summed E-state index contributed by atoms with van der Waals surface area (Å²) < 4.78 is 15.5. The number of carbonyl (C=O) groups is 1. The van der Waals surface area contributed by atoms with E-state index < -0.39 is 0 Å². The molecule has 1 aliphatic carbocycles. The van der Waals surface area contributed by atoms with Crippen LogP contribution >= 0.6 is 11.8 Å². The van der Waals surface area contributed by atoms with Crippen molar-refractivity contribution in [1.82, 2.24) is 25.0 Å². The number of likely N-dealkylation sites (tertiary alicyclic amines) is 1. The first-order valence-corrected chi connectivity index (χ1v) is 12.5. The number of benzene rings is 1. The SMILES string of the molecule is O=C(CSc1nnc(CN2CCCCC2)n1-c1ccc(F)cc1)NC1CCCCCC1. The highest BCUT2D eigenvalue weighted by Gasteiger charge is 2.20. The fourth-order valence-corrected chi connectivity index (χ4v) is 5.27. The molecular weight excluding hydrogens is 413 g/mol. The standard InChI is InChI=1S/C23H32FN5OS/c24-18-10-12-20(13-11-18)29-21(16-28-14-6-3-7-15-28)26-27-23(29)31-17-22(30)25-19-8-4-1-2-5-9-19/h10-13,19H,1-9,14-17H2,(H,25,30). The molecule has 0 bridgehead atoms. The zero-order valence-electron chi connectivity index (χ0n) is 18.1. The average molecular weight is 446 g/mol. The van der Waals surface area contributed by atoms with E-state index in [4.69, 9.17) is 0 Å². The Morgan fingerprint density at radius 3 is 2.39 bits per heavy atom. The van der Waals surface area contributed by atoms with Gasteiger partial charge in [0.2, 0.25) is 5.91 Å². The third-order valence-electron chi connectivity index (χ3n) is 6.15. The summed E-state index contributed by atoms with van der Waals surface area (Å²) >= 11 is 1.40. The molecule has 0 spiro atoms. The lowest BCUT2D eigenvalue weighted by molar-refractivity contribution is -0.119. The minimum Gasteiger partial charge on any atom is -0.353 e. The summed E-state index contributed by atoms with van der Waals surface area (Å²) in [6, 6.07) is 6.68. The van der Waals surface area contributed by atoms with Crippen LogP contribution in [0.5, 0.6) is 0 Å². The van der Waals surface area contributed by atoms with E-state index in [9.17, 15) is 9.18 Å². The Hall–Kier alpha value is -1.93. The second-order valence-corrected chi connectivity index (χ2v) is 9.53. The van der Waals surface area contributed by atoms with Crippen LogP contribution in [0.2, 0.25) is 0 Å². The predicted molar refractivity (Wildman–Crippen MR) is 121 cm³/mol. The molecule has 1 aromatic carbocycles. The lowest BCUT2D eigenvalue weighted by Crippen LogP contribution is -2.35. The van der Waals surface area contributed by atoms with Crippen LogP contribution in [-0.4, -0.2) is 50.5 Å². The lowest BCUT2D eigenvalue weighted by atomic mass is 10.1. The Morgan fingerprint density at radius 1 is 1.00 bits per heavy atom. The van der Waals surface area contributed by atoms with Gasteiger partial charge in [-0.25, -0.2) is 4.39 Å². The Morgan fingerprint density at radius 2 is 1.68 bits per heavy atom. The maximum Gasteiger partial charge on any atom is 0.230 e. The molecule has 1 aliphatic heterocycles. The van der Waals surface area contributed by atoms with E-state index in [1.165, 1.54) is 68.8 Å². The van der Waals surface area contributed by atoms with Crippen LogP contribution in [0, 0.1) is 5.82 Å². The largest absolute Gasteiger partial charge is 0.353 e. The van der Waals surface area contributed by atoms with E-state index in [1.54, 1.807) is 12.1 Å². The molecule has 8 heteroatoms. The van der Waals surface area contributed by atoms with Gasteiger partial charge in [0, 0.05) is 11.7 Å². The molecule has 1 aromatic heterocycles. The number of thioether (sulfide) groups is 1. The second-order valence-electron chi connectivity index (χ2n) is 8.59. The van der Waals surface area contributed by atoms with Gasteiger partial charge in [-0.15, -0.1) is 10.2 Å². The summed E-state index contributed by atoms with van der Waals surface area (Å²) in [5.41, 5.74) is 0.824. The van der Waals surface area contributed by atoms with Crippen LogP contribution in [0.25, 0.3) is 5.69 Å². The molecule has 2 fully saturated rings. The predicted octanol–water partition coefficient (Wildman–Crippen LogP) is 4.32. The number of hydrogen-bond acceptors (Lipinski definition) is 5. The molecule has 168 valence electrons. The van der Waals surface area contributed by atoms with Crippen molar-refractivity contribution < 1.29 is 9.18 Å². The van der Waals surface area contributed by atoms with Crippen molar-refractivity contribution >= 4 is 17.7 Å². The van der Waals surface area contributed by atoms with Crippen molar-refractivity contribution in [2.24, 2.45) is 0 Å². The zero-order valence-corrected chi connectivity index (χ0v) is 18.9. The van der Waals surface area contributed by atoms with Crippen molar-refractivity contribution in [2.75, 3.05) is 18.8 Å². The highest BCUT2D eigenvalue weighted by molar-refractivity contribution is 7.99. The Kier molecular flexibility index (Phi) is 7.97. The minimum absolute atomic E-state index is 0.0446. The fraction of sp³-hybridized carbons (Fsp3) is 0.609. The first-order valence-electron chi connectivity index (χ1n) is 11.5. The second kappa shape index (κ2) is 11.1. The Bertz CT molecular complexity index is 842. The number of aromatic nitrogens is 3. The number of nitrogens with one attached hydrogen (secondary N) is 1. The van der Waals surface area contributed by atoms with E-state index in [2.05, 4.69) is 20.4 Å².